The van der Waals surface area contributed by atoms with E-state index in [1.165, 1.54) is 55.6 Å². The third-order valence-electron chi connectivity index (χ3n) is 9.09. The molecule has 49 heavy (non-hydrogen) atoms. The minimum atomic E-state index is 1.10. The fourth-order valence-corrected chi connectivity index (χ4v) is 6.59. The Hall–Kier alpha value is -6.44. The van der Waals surface area contributed by atoms with Gasteiger partial charge in [0.2, 0.25) is 0 Å². The Kier molecular flexibility index (Phi) is 8.39. The van der Waals surface area contributed by atoms with Gasteiger partial charge in [0.1, 0.15) is 0 Å². The van der Waals surface area contributed by atoms with E-state index >= 15 is 0 Å². The monoisotopic (exact) mass is 625 g/mol. The van der Waals surface area contributed by atoms with Crippen LogP contribution in [-0.2, 0) is 0 Å². The van der Waals surface area contributed by atoms with E-state index < -0.39 is 0 Å². The van der Waals surface area contributed by atoms with E-state index in [2.05, 4.69) is 217 Å². The molecule has 1 heteroatoms. The molecule has 0 saturated heterocycles. The molecule has 8 rings (SSSR count). The second kappa shape index (κ2) is 13.7. The first kappa shape index (κ1) is 29.9. The Morgan fingerprint density at radius 2 is 0.571 bits per heavy atom. The summed E-state index contributed by atoms with van der Waals surface area (Å²) in [7, 11) is 0. The maximum atomic E-state index is 2.35. The molecule has 0 amide bonds. The summed E-state index contributed by atoms with van der Waals surface area (Å²) in [6.07, 6.45) is 0. The van der Waals surface area contributed by atoms with E-state index in [1.807, 2.05) is 0 Å². The highest BCUT2D eigenvalue weighted by atomic mass is 15.1. The summed E-state index contributed by atoms with van der Waals surface area (Å²) in [5, 5.41) is 0. The lowest BCUT2D eigenvalue weighted by Crippen LogP contribution is -2.10. The molecule has 0 fully saturated rings. The quantitative estimate of drug-likeness (QED) is 0.162. The van der Waals surface area contributed by atoms with Gasteiger partial charge in [-0.2, -0.15) is 0 Å². The zero-order valence-electron chi connectivity index (χ0n) is 27.2. The van der Waals surface area contributed by atoms with Crippen LogP contribution in [0.15, 0.2) is 212 Å². The predicted molar refractivity (Wildman–Crippen MR) is 208 cm³/mol. The molecule has 0 bridgehead atoms. The van der Waals surface area contributed by atoms with Gasteiger partial charge < -0.3 is 4.90 Å². The standard InChI is InChI=1S/C48H35N/c1-5-14-36(15-6-1)38-24-29-44(30-25-38)49(45-31-26-39(27-32-45)37-16-7-2-8-17-37)46-23-13-22-42(34-46)43-28-33-47(40-18-9-3-10-19-40)48(35-43)41-20-11-4-12-21-41/h1-35H. The van der Waals surface area contributed by atoms with Crippen LogP contribution in [0.3, 0.4) is 0 Å². The largest absolute Gasteiger partial charge is 0.310 e. The third kappa shape index (κ3) is 6.43. The average Bonchev–Trinajstić information content (AvgIpc) is 3.20. The van der Waals surface area contributed by atoms with Crippen molar-refractivity contribution >= 4 is 17.1 Å². The van der Waals surface area contributed by atoms with Crippen LogP contribution >= 0.6 is 0 Å². The van der Waals surface area contributed by atoms with Crippen LogP contribution in [0.5, 0.6) is 0 Å². The van der Waals surface area contributed by atoms with Crippen molar-refractivity contribution in [2.24, 2.45) is 0 Å². The number of hydrogen-bond acceptors (Lipinski definition) is 1. The first-order valence-electron chi connectivity index (χ1n) is 16.8. The number of nitrogens with zero attached hydrogens (tertiary/aromatic N) is 1. The molecule has 0 atom stereocenters. The predicted octanol–water partition coefficient (Wildman–Crippen LogP) is 13.5. The average molecular weight is 626 g/mol. The van der Waals surface area contributed by atoms with Crippen molar-refractivity contribution in [1.29, 1.82) is 0 Å². The highest BCUT2D eigenvalue weighted by molar-refractivity contribution is 5.88. The minimum Gasteiger partial charge on any atom is -0.310 e. The summed E-state index contributed by atoms with van der Waals surface area (Å²) in [6, 6.07) is 76.0. The van der Waals surface area contributed by atoms with Crippen molar-refractivity contribution in [2.75, 3.05) is 4.90 Å². The van der Waals surface area contributed by atoms with Crippen LogP contribution < -0.4 is 4.90 Å². The van der Waals surface area contributed by atoms with E-state index in [1.54, 1.807) is 0 Å². The lowest BCUT2D eigenvalue weighted by molar-refractivity contribution is 1.28. The normalized spacial score (nSPS) is 10.9. The van der Waals surface area contributed by atoms with Gasteiger partial charge in [-0.15, -0.1) is 0 Å². The Bertz CT molecular complexity index is 2190. The molecule has 0 spiro atoms. The summed E-state index contributed by atoms with van der Waals surface area (Å²) in [4.78, 5) is 2.35. The summed E-state index contributed by atoms with van der Waals surface area (Å²) < 4.78 is 0. The van der Waals surface area contributed by atoms with Gasteiger partial charge in [0.05, 0.1) is 0 Å². The topological polar surface area (TPSA) is 3.24 Å². The molecule has 0 aliphatic carbocycles. The molecule has 232 valence electrons. The van der Waals surface area contributed by atoms with Crippen LogP contribution in [0.25, 0.3) is 55.6 Å². The van der Waals surface area contributed by atoms with Crippen molar-refractivity contribution in [1.82, 2.24) is 0 Å². The number of benzene rings is 8. The van der Waals surface area contributed by atoms with Crippen LogP contribution in [0.1, 0.15) is 0 Å². The fourth-order valence-electron chi connectivity index (χ4n) is 6.59. The smallest absolute Gasteiger partial charge is 0.0467 e. The number of hydrogen-bond donors (Lipinski definition) is 0. The summed E-state index contributed by atoms with van der Waals surface area (Å²) in [6.45, 7) is 0. The van der Waals surface area contributed by atoms with Crippen LogP contribution in [0.4, 0.5) is 17.1 Å². The van der Waals surface area contributed by atoms with Crippen LogP contribution in [-0.4, -0.2) is 0 Å². The maximum Gasteiger partial charge on any atom is 0.0467 e. The fraction of sp³-hybridized carbons (Fsp3) is 0. The molecule has 0 saturated carbocycles. The molecule has 8 aromatic carbocycles. The van der Waals surface area contributed by atoms with Crippen molar-refractivity contribution < 1.29 is 0 Å². The maximum absolute atomic E-state index is 2.35. The zero-order valence-corrected chi connectivity index (χ0v) is 27.2. The third-order valence-corrected chi connectivity index (χ3v) is 9.09. The molecule has 0 unspecified atom stereocenters. The second-order valence-electron chi connectivity index (χ2n) is 12.2. The van der Waals surface area contributed by atoms with Crippen molar-refractivity contribution in [3.8, 4) is 55.6 Å². The first-order valence-corrected chi connectivity index (χ1v) is 16.8. The van der Waals surface area contributed by atoms with Crippen LogP contribution in [0, 0.1) is 0 Å². The molecule has 0 aliphatic heterocycles. The molecule has 8 aromatic rings. The molecule has 0 aliphatic rings. The molecule has 1 nitrogen and oxygen atoms in total. The van der Waals surface area contributed by atoms with E-state index in [0.717, 1.165) is 17.1 Å². The van der Waals surface area contributed by atoms with Gasteiger partial charge in [0.15, 0.2) is 0 Å². The summed E-state index contributed by atoms with van der Waals surface area (Å²) in [5.41, 5.74) is 15.3. The molecular formula is C48H35N. The van der Waals surface area contributed by atoms with E-state index in [-0.39, 0.29) is 0 Å². The molecule has 0 heterocycles. The minimum absolute atomic E-state index is 1.10. The summed E-state index contributed by atoms with van der Waals surface area (Å²) >= 11 is 0. The molecule has 0 radical (unpaired) electrons. The van der Waals surface area contributed by atoms with E-state index in [4.69, 9.17) is 0 Å². The van der Waals surface area contributed by atoms with E-state index in [0.29, 0.717) is 0 Å². The van der Waals surface area contributed by atoms with E-state index in [9.17, 15) is 0 Å². The lowest BCUT2D eigenvalue weighted by atomic mass is 9.91. The Balaban J connectivity index is 1.22. The molecule has 0 N–H and O–H groups in total. The van der Waals surface area contributed by atoms with Gasteiger partial charge in [0.25, 0.3) is 0 Å². The first-order chi connectivity index (χ1) is 24.3. The highest BCUT2D eigenvalue weighted by Gasteiger charge is 2.16. The Morgan fingerprint density at radius 3 is 1.06 bits per heavy atom. The summed E-state index contributed by atoms with van der Waals surface area (Å²) in [5.74, 6) is 0. The van der Waals surface area contributed by atoms with Gasteiger partial charge >= 0.3 is 0 Å². The Morgan fingerprint density at radius 1 is 0.204 bits per heavy atom. The second-order valence-corrected chi connectivity index (χ2v) is 12.2. The van der Waals surface area contributed by atoms with Crippen molar-refractivity contribution in [3.05, 3.63) is 212 Å². The van der Waals surface area contributed by atoms with Crippen molar-refractivity contribution in [3.63, 3.8) is 0 Å². The molecule has 0 aromatic heterocycles. The van der Waals surface area contributed by atoms with Gasteiger partial charge in [-0.3, -0.25) is 0 Å². The van der Waals surface area contributed by atoms with Gasteiger partial charge in [-0.1, -0.05) is 170 Å². The van der Waals surface area contributed by atoms with Gasteiger partial charge in [-0.05, 0) is 98.1 Å². The van der Waals surface area contributed by atoms with Gasteiger partial charge in [0, 0.05) is 17.1 Å². The zero-order chi connectivity index (χ0) is 32.8. The van der Waals surface area contributed by atoms with Gasteiger partial charge in [-0.25, -0.2) is 0 Å². The van der Waals surface area contributed by atoms with Crippen molar-refractivity contribution in [2.45, 2.75) is 0 Å². The molecular weight excluding hydrogens is 591 g/mol. The Labute approximate surface area is 289 Å². The van der Waals surface area contributed by atoms with Crippen LogP contribution in [0.2, 0.25) is 0 Å². The highest BCUT2D eigenvalue weighted by Crippen LogP contribution is 2.40. The number of anilines is 3. The number of rotatable bonds is 8. The lowest BCUT2D eigenvalue weighted by Gasteiger charge is -2.26. The SMILES string of the molecule is c1ccc(-c2ccc(N(c3ccc(-c4ccccc4)cc3)c3cccc(-c4ccc(-c5ccccc5)c(-c5ccccc5)c4)c3)cc2)cc1.